The summed E-state index contributed by atoms with van der Waals surface area (Å²) in [4.78, 5) is 11.5. The first-order valence-corrected chi connectivity index (χ1v) is 5.84. The molecule has 2 N–H and O–H groups in total. The van der Waals surface area contributed by atoms with Crippen LogP contribution in [0.5, 0.6) is 0 Å². The number of aromatic nitrogens is 4. The van der Waals surface area contributed by atoms with E-state index in [1.807, 2.05) is 11.8 Å². The SMILES string of the molecule is CC1(CNC(=O)c2nn[nH]n2)CCCS1. The maximum atomic E-state index is 11.5. The van der Waals surface area contributed by atoms with Crippen molar-refractivity contribution in [2.75, 3.05) is 12.3 Å². The number of thioether (sulfide) groups is 1. The second-order valence-electron chi connectivity index (χ2n) is 3.82. The Morgan fingerprint density at radius 3 is 3.20 bits per heavy atom. The van der Waals surface area contributed by atoms with Crippen LogP contribution in [0.15, 0.2) is 0 Å². The number of hydrogen-bond acceptors (Lipinski definition) is 5. The largest absolute Gasteiger partial charge is 0.348 e. The van der Waals surface area contributed by atoms with Crippen LogP contribution >= 0.6 is 11.8 Å². The molecule has 7 heteroatoms. The molecule has 0 aliphatic carbocycles. The number of H-pyrrole nitrogens is 1. The molecule has 82 valence electrons. The Morgan fingerprint density at radius 1 is 1.73 bits per heavy atom. The van der Waals surface area contributed by atoms with Crippen LogP contribution in [-0.2, 0) is 0 Å². The fourth-order valence-electron chi connectivity index (χ4n) is 1.58. The van der Waals surface area contributed by atoms with Gasteiger partial charge in [0.15, 0.2) is 0 Å². The number of carbonyl (C=O) groups is 1. The number of aromatic amines is 1. The minimum absolute atomic E-state index is 0.0987. The highest BCUT2D eigenvalue weighted by atomic mass is 32.2. The molecule has 2 rings (SSSR count). The number of amides is 1. The van der Waals surface area contributed by atoms with Gasteiger partial charge in [-0.3, -0.25) is 4.79 Å². The van der Waals surface area contributed by atoms with Gasteiger partial charge in [-0.25, -0.2) is 0 Å². The van der Waals surface area contributed by atoms with Crippen molar-refractivity contribution in [1.29, 1.82) is 0 Å². The van der Waals surface area contributed by atoms with Gasteiger partial charge in [0.2, 0.25) is 0 Å². The molecule has 1 unspecified atom stereocenters. The minimum atomic E-state index is -0.266. The zero-order chi connectivity index (χ0) is 10.7. The van der Waals surface area contributed by atoms with E-state index >= 15 is 0 Å². The van der Waals surface area contributed by atoms with Crippen molar-refractivity contribution in [2.45, 2.75) is 24.5 Å². The number of hydrogen-bond donors (Lipinski definition) is 2. The third kappa shape index (κ3) is 2.47. The first-order chi connectivity index (χ1) is 7.20. The van der Waals surface area contributed by atoms with Crippen LogP contribution in [0, 0.1) is 0 Å². The summed E-state index contributed by atoms with van der Waals surface area (Å²) >= 11 is 1.90. The van der Waals surface area contributed by atoms with E-state index in [0.29, 0.717) is 6.54 Å². The Morgan fingerprint density at radius 2 is 2.60 bits per heavy atom. The average molecular weight is 227 g/mol. The molecule has 0 bridgehead atoms. The van der Waals surface area contributed by atoms with Crippen molar-refractivity contribution < 1.29 is 4.79 Å². The van der Waals surface area contributed by atoms with Crippen molar-refractivity contribution in [3.63, 3.8) is 0 Å². The van der Waals surface area contributed by atoms with Crippen LogP contribution < -0.4 is 5.32 Å². The fraction of sp³-hybridized carbons (Fsp3) is 0.750. The summed E-state index contributed by atoms with van der Waals surface area (Å²) in [6.07, 6.45) is 2.36. The summed E-state index contributed by atoms with van der Waals surface area (Å²) in [5.74, 6) is 1.01. The Labute approximate surface area is 91.6 Å². The van der Waals surface area contributed by atoms with Crippen LogP contribution in [-0.4, -0.2) is 43.6 Å². The first-order valence-electron chi connectivity index (χ1n) is 4.85. The first kappa shape index (κ1) is 10.4. The van der Waals surface area contributed by atoms with Gasteiger partial charge in [-0.1, -0.05) is 0 Å². The molecule has 0 aromatic carbocycles. The number of carbonyl (C=O) groups excluding carboxylic acids is 1. The molecule has 1 fully saturated rings. The summed E-state index contributed by atoms with van der Waals surface area (Å²) in [5.41, 5.74) is 0. The Balaban J connectivity index is 1.85. The van der Waals surface area contributed by atoms with Crippen molar-refractivity contribution in [1.82, 2.24) is 25.9 Å². The topological polar surface area (TPSA) is 83.6 Å². The number of tetrazole rings is 1. The maximum Gasteiger partial charge on any atom is 0.292 e. The van der Waals surface area contributed by atoms with Gasteiger partial charge in [-0.2, -0.15) is 17.0 Å². The van der Waals surface area contributed by atoms with Gasteiger partial charge in [0.1, 0.15) is 0 Å². The molecule has 2 heterocycles. The molecule has 1 aliphatic heterocycles. The molecule has 6 nitrogen and oxygen atoms in total. The molecular formula is C8H13N5OS. The molecule has 1 aromatic rings. The van der Waals surface area contributed by atoms with E-state index in [0.717, 1.165) is 6.42 Å². The summed E-state index contributed by atoms with van der Waals surface area (Å²) in [6, 6.07) is 0. The van der Waals surface area contributed by atoms with E-state index in [2.05, 4.69) is 32.9 Å². The molecular weight excluding hydrogens is 214 g/mol. The number of nitrogens with zero attached hydrogens (tertiary/aromatic N) is 3. The van der Waals surface area contributed by atoms with E-state index in [1.165, 1.54) is 12.2 Å². The lowest BCUT2D eigenvalue weighted by Crippen LogP contribution is -2.37. The molecule has 0 radical (unpaired) electrons. The summed E-state index contributed by atoms with van der Waals surface area (Å²) in [5, 5.41) is 15.6. The lowest BCUT2D eigenvalue weighted by Gasteiger charge is -2.22. The third-order valence-corrected chi connectivity index (χ3v) is 4.01. The highest BCUT2D eigenvalue weighted by molar-refractivity contribution is 8.00. The van der Waals surface area contributed by atoms with Crippen LogP contribution in [0.3, 0.4) is 0 Å². The summed E-state index contributed by atoms with van der Waals surface area (Å²) in [6.45, 7) is 2.83. The van der Waals surface area contributed by atoms with Crippen LogP contribution in [0.25, 0.3) is 0 Å². The second kappa shape index (κ2) is 4.18. The molecule has 1 atom stereocenters. The van der Waals surface area contributed by atoms with Gasteiger partial charge < -0.3 is 5.32 Å². The monoisotopic (exact) mass is 227 g/mol. The maximum absolute atomic E-state index is 11.5. The molecule has 1 aromatic heterocycles. The Bertz CT molecular complexity index is 333. The summed E-state index contributed by atoms with van der Waals surface area (Å²) < 4.78 is 0.166. The van der Waals surface area contributed by atoms with Gasteiger partial charge in [0, 0.05) is 11.3 Å². The predicted molar refractivity (Wildman–Crippen MR) is 56.6 cm³/mol. The second-order valence-corrected chi connectivity index (χ2v) is 5.50. The molecule has 1 aliphatic rings. The molecule has 0 saturated carbocycles. The molecule has 1 amide bonds. The van der Waals surface area contributed by atoms with E-state index in [4.69, 9.17) is 0 Å². The van der Waals surface area contributed by atoms with Gasteiger partial charge in [-0.05, 0) is 30.7 Å². The van der Waals surface area contributed by atoms with Crippen molar-refractivity contribution in [3.8, 4) is 0 Å². The highest BCUT2D eigenvalue weighted by Crippen LogP contribution is 2.36. The van der Waals surface area contributed by atoms with E-state index in [-0.39, 0.29) is 16.5 Å². The third-order valence-electron chi connectivity index (χ3n) is 2.47. The van der Waals surface area contributed by atoms with Crippen molar-refractivity contribution >= 4 is 17.7 Å². The van der Waals surface area contributed by atoms with Crippen LogP contribution in [0.1, 0.15) is 30.4 Å². The minimum Gasteiger partial charge on any atom is -0.348 e. The van der Waals surface area contributed by atoms with Gasteiger partial charge in [-0.15, -0.1) is 10.2 Å². The standard InChI is InChI=1S/C8H13N5OS/c1-8(3-2-4-15-8)5-9-7(14)6-10-12-13-11-6/h2-5H2,1H3,(H,9,14)(H,10,11,12,13). The van der Waals surface area contributed by atoms with Crippen LogP contribution in [0.4, 0.5) is 0 Å². The van der Waals surface area contributed by atoms with E-state index in [1.54, 1.807) is 0 Å². The Kier molecular flexibility index (Phi) is 2.90. The highest BCUT2D eigenvalue weighted by Gasteiger charge is 2.30. The number of nitrogens with one attached hydrogen (secondary N) is 2. The van der Waals surface area contributed by atoms with Crippen molar-refractivity contribution in [3.05, 3.63) is 5.82 Å². The zero-order valence-corrected chi connectivity index (χ0v) is 9.30. The summed E-state index contributed by atoms with van der Waals surface area (Å²) in [7, 11) is 0. The predicted octanol–water partition coefficient (Wildman–Crippen LogP) is 0.215. The van der Waals surface area contributed by atoms with Gasteiger partial charge in [0.05, 0.1) is 0 Å². The Hall–Kier alpha value is -1.11. The lowest BCUT2D eigenvalue weighted by molar-refractivity contribution is 0.0939. The van der Waals surface area contributed by atoms with Gasteiger partial charge >= 0.3 is 0 Å². The number of rotatable bonds is 3. The van der Waals surface area contributed by atoms with Gasteiger partial charge in [0.25, 0.3) is 11.7 Å². The molecule has 0 spiro atoms. The van der Waals surface area contributed by atoms with Crippen molar-refractivity contribution in [2.24, 2.45) is 0 Å². The molecule has 1 saturated heterocycles. The zero-order valence-electron chi connectivity index (χ0n) is 8.49. The normalized spacial score (nSPS) is 25.4. The average Bonchev–Trinajstić information content (AvgIpc) is 2.85. The van der Waals surface area contributed by atoms with E-state index in [9.17, 15) is 4.79 Å². The lowest BCUT2D eigenvalue weighted by atomic mass is 10.1. The molecule has 15 heavy (non-hydrogen) atoms. The smallest absolute Gasteiger partial charge is 0.292 e. The fourth-order valence-corrected chi connectivity index (χ4v) is 2.82. The quantitative estimate of drug-likeness (QED) is 0.771. The van der Waals surface area contributed by atoms with Crippen LogP contribution in [0.2, 0.25) is 0 Å². The van der Waals surface area contributed by atoms with E-state index < -0.39 is 0 Å².